The van der Waals surface area contributed by atoms with Crippen molar-refractivity contribution in [1.29, 1.82) is 0 Å². The first-order valence-corrected chi connectivity index (χ1v) is 5.38. The molecule has 12 heavy (non-hydrogen) atoms. The van der Waals surface area contributed by atoms with Gasteiger partial charge in [0.05, 0.1) is 3.57 Å². The second-order valence-electron chi connectivity index (χ2n) is 2.58. The Morgan fingerprint density at radius 2 is 2.17 bits per heavy atom. The number of aryl methyl sites for hydroxylation is 1. The Bertz CT molecular complexity index is 263. The van der Waals surface area contributed by atoms with Crippen LogP contribution in [0.1, 0.15) is 12.0 Å². The third-order valence-corrected chi connectivity index (χ3v) is 2.79. The third-order valence-electron chi connectivity index (χ3n) is 1.61. The largest absolute Gasteiger partial charge is 0.507 e. The van der Waals surface area contributed by atoms with Crippen LogP contribution in [0.25, 0.3) is 0 Å². The van der Waals surface area contributed by atoms with Crippen molar-refractivity contribution in [3.63, 3.8) is 0 Å². The Balaban J connectivity index is 2.69. The minimum absolute atomic E-state index is 0.364. The summed E-state index contributed by atoms with van der Waals surface area (Å²) in [6.07, 6.45) is 1.90. The van der Waals surface area contributed by atoms with Gasteiger partial charge in [-0.3, -0.25) is 0 Å². The summed E-state index contributed by atoms with van der Waals surface area (Å²) in [5.74, 6) is 1.04. The molecule has 0 fully saturated rings. The van der Waals surface area contributed by atoms with E-state index in [1.165, 1.54) is 0 Å². The van der Waals surface area contributed by atoms with Crippen LogP contribution in [0.4, 0.5) is 0 Å². The SMILES string of the molecule is Oc1cc(CCCCl)ccc1I. The molecule has 1 aromatic carbocycles. The Morgan fingerprint density at radius 1 is 1.42 bits per heavy atom. The quantitative estimate of drug-likeness (QED) is 0.671. The van der Waals surface area contributed by atoms with Crippen molar-refractivity contribution in [2.45, 2.75) is 12.8 Å². The molecule has 0 atom stereocenters. The number of benzene rings is 1. The van der Waals surface area contributed by atoms with E-state index in [4.69, 9.17) is 11.6 Å². The molecule has 3 heteroatoms. The minimum atomic E-state index is 0.364. The monoisotopic (exact) mass is 296 g/mol. The van der Waals surface area contributed by atoms with E-state index in [2.05, 4.69) is 22.6 Å². The molecule has 0 unspecified atom stereocenters. The highest BCUT2D eigenvalue weighted by atomic mass is 127. The van der Waals surface area contributed by atoms with E-state index in [0.717, 1.165) is 22.0 Å². The molecule has 0 bridgehead atoms. The molecule has 0 heterocycles. The molecule has 0 saturated carbocycles. The predicted molar refractivity (Wildman–Crippen MR) is 59.9 cm³/mol. The maximum atomic E-state index is 9.36. The average molecular weight is 297 g/mol. The Kier molecular flexibility index (Phi) is 4.15. The Hall–Kier alpha value is 0.0400. The number of phenolic OH excluding ortho intramolecular Hbond substituents is 1. The summed E-state index contributed by atoms with van der Waals surface area (Å²) in [6, 6.07) is 5.74. The van der Waals surface area contributed by atoms with Crippen LogP contribution in [0.3, 0.4) is 0 Å². The van der Waals surface area contributed by atoms with Crippen LogP contribution >= 0.6 is 34.2 Å². The average Bonchev–Trinajstić information content (AvgIpc) is 2.07. The molecule has 0 radical (unpaired) electrons. The second-order valence-corrected chi connectivity index (χ2v) is 4.12. The maximum Gasteiger partial charge on any atom is 0.129 e. The number of halogens is 2. The van der Waals surface area contributed by atoms with Gasteiger partial charge in [0.15, 0.2) is 0 Å². The van der Waals surface area contributed by atoms with Gasteiger partial charge in [0, 0.05) is 5.88 Å². The second kappa shape index (κ2) is 4.92. The summed E-state index contributed by atoms with van der Waals surface area (Å²) < 4.78 is 0.891. The molecule has 0 spiro atoms. The minimum Gasteiger partial charge on any atom is -0.507 e. The van der Waals surface area contributed by atoms with E-state index in [9.17, 15) is 5.11 Å². The number of aromatic hydroxyl groups is 1. The van der Waals surface area contributed by atoms with Crippen LogP contribution < -0.4 is 0 Å². The maximum absolute atomic E-state index is 9.36. The molecular formula is C9H10ClIO. The van der Waals surface area contributed by atoms with Gasteiger partial charge in [-0.15, -0.1) is 11.6 Å². The number of alkyl halides is 1. The Labute approximate surface area is 90.9 Å². The lowest BCUT2D eigenvalue weighted by atomic mass is 10.1. The van der Waals surface area contributed by atoms with E-state index >= 15 is 0 Å². The van der Waals surface area contributed by atoms with E-state index < -0.39 is 0 Å². The van der Waals surface area contributed by atoms with Crippen molar-refractivity contribution in [2.24, 2.45) is 0 Å². The molecule has 0 aliphatic heterocycles. The zero-order valence-corrected chi connectivity index (χ0v) is 9.47. The van der Waals surface area contributed by atoms with Crippen LogP contribution in [-0.2, 0) is 6.42 Å². The van der Waals surface area contributed by atoms with E-state index in [1.54, 1.807) is 6.07 Å². The fourth-order valence-electron chi connectivity index (χ4n) is 0.985. The predicted octanol–water partition coefficient (Wildman–Crippen LogP) is 3.17. The van der Waals surface area contributed by atoms with Gasteiger partial charge in [-0.05, 0) is 53.1 Å². The van der Waals surface area contributed by atoms with Gasteiger partial charge < -0.3 is 5.11 Å². The van der Waals surface area contributed by atoms with Crippen LogP contribution in [0.15, 0.2) is 18.2 Å². The summed E-state index contributed by atoms with van der Waals surface area (Å²) in [5.41, 5.74) is 1.15. The van der Waals surface area contributed by atoms with Gasteiger partial charge in [0.1, 0.15) is 5.75 Å². The van der Waals surface area contributed by atoms with Gasteiger partial charge >= 0.3 is 0 Å². The van der Waals surface area contributed by atoms with Crippen LogP contribution in [0, 0.1) is 3.57 Å². The van der Waals surface area contributed by atoms with Crippen molar-refractivity contribution in [3.8, 4) is 5.75 Å². The summed E-state index contributed by atoms with van der Waals surface area (Å²) in [5, 5.41) is 9.36. The fourth-order valence-corrected chi connectivity index (χ4v) is 1.45. The zero-order chi connectivity index (χ0) is 8.97. The first-order chi connectivity index (χ1) is 5.74. The highest BCUT2D eigenvalue weighted by Gasteiger charge is 1.98. The zero-order valence-electron chi connectivity index (χ0n) is 6.56. The van der Waals surface area contributed by atoms with Gasteiger partial charge in [0.2, 0.25) is 0 Å². The molecule has 1 aromatic rings. The van der Waals surface area contributed by atoms with Gasteiger partial charge in [0.25, 0.3) is 0 Å². The molecule has 1 N–H and O–H groups in total. The van der Waals surface area contributed by atoms with Gasteiger partial charge in [-0.1, -0.05) is 6.07 Å². The van der Waals surface area contributed by atoms with Gasteiger partial charge in [-0.2, -0.15) is 0 Å². The Morgan fingerprint density at radius 3 is 2.75 bits per heavy atom. The van der Waals surface area contributed by atoms with Crippen molar-refractivity contribution in [2.75, 3.05) is 5.88 Å². The summed E-state index contributed by atoms with van der Waals surface area (Å²) >= 11 is 7.66. The molecule has 0 aliphatic rings. The van der Waals surface area contributed by atoms with Crippen molar-refractivity contribution in [3.05, 3.63) is 27.3 Å². The topological polar surface area (TPSA) is 20.2 Å². The summed E-state index contributed by atoms with van der Waals surface area (Å²) in [7, 11) is 0. The smallest absolute Gasteiger partial charge is 0.129 e. The number of rotatable bonds is 3. The molecule has 1 rings (SSSR count). The molecule has 0 amide bonds. The molecule has 0 aliphatic carbocycles. The number of hydrogen-bond acceptors (Lipinski definition) is 1. The van der Waals surface area contributed by atoms with E-state index in [1.807, 2.05) is 12.1 Å². The first kappa shape index (κ1) is 10.1. The number of phenols is 1. The summed E-state index contributed by atoms with van der Waals surface area (Å²) in [6.45, 7) is 0. The van der Waals surface area contributed by atoms with Crippen LogP contribution in [0.5, 0.6) is 5.75 Å². The highest BCUT2D eigenvalue weighted by Crippen LogP contribution is 2.21. The lowest BCUT2D eigenvalue weighted by Crippen LogP contribution is -1.86. The van der Waals surface area contributed by atoms with E-state index in [-0.39, 0.29) is 0 Å². The molecule has 0 saturated heterocycles. The first-order valence-electron chi connectivity index (χ1n) is 3.77. The van der Waals surface area contributed by atoms with Crippen molar-refractivity contribution in [1.82, 2.24) is 0 Å². The van der Waals surface area contributed by atoms with E-state index in [0.29, 0.717) is 11.6 Å². The fraction of sp³-hybridized carbons (Fsp3) is 0.333. The molecular weight excluding hydrogens is 286 g/mol. The van der Waals surface area contributed by atoms with Crippen LogP contribution in [-0.4, -0.2) is 11.0 Å². The molecule has 66 valence electrons. The van der Waals surface area contributed by atoms with Crippen molar-refractivity contribution >= 4 is 34.2 Å². The lowest BCUT2D eigenvalue weighted by molar-refractivity contribution is 0.470. The van der Waals surface area contributed by atoms with Crippen molar-refractivity contribution < 1.29 is 5.11 Å². The lowest BCUT2D eigenvalue weighted by Gasteiger charge is -2.01. The van der Waals surface area contributed by atoms with Crippen LogP contribution in [0.2, 0.25) is 0 Å². The normalized spacial score (nSPS) is 10.2. The standard InChI is InChI=1S/C9H10ClIO/c10-5-1-2-7-3-4-8(11)9(12)6-7/h3-4,6,12H,1-2,5H2. The molecule has 0 aromatic heterocycles. The van der Waals surface area contributed by atoms with Gasteiger partial charge in [-0.25, -0.2) is 0 Å². The number of hydrogen-bond donors (Lipinski definition) is 1. The highest BCUT2D eigenvalue weighted by molar-refractivity contribution is 14.1. The molecule has 1 nitrogen and oxygen atoms in total. The summed E-state index contributed by atoms with van der Waals surface area (Å²) in [4.78, 5) is 0. The third kappa shape index (κ3) is 2.83.